The van der Waals surface area contributed by atoms with Crippen LogP contribution in [0.3, 0.4) is 0 Å². The number of phenolic OH excluding ortho intramolecular Hbond substituents is 1. The maximum atomic E-state index is 13.6. The molecule has 0 aliphatic carbocycles. The molecular formula is C14H15F4N2O2+. The number of aromatic hydroxyl groups is 1. The lowest BCUT2D eigenvalue weighted by molar-refractivity contribution is -0.619. The van der Waals surface area contributed by atoms with Gasteiger partial charge in [-0.05, 0) is 18.2 Å². The minimum Gasteiger partial charge on any atom is -0.507 e. The number of hydrogen-bond acceptors (Lipinski definition) is 3. The van der Waals surface area contributed by atoms with Crippen LogP contribution in [0.15, 0.2) is 35.0 Å². The summed E-state index contributed by atoms with van der Waals surface area (Å²) in [5.74, 6) is -4.07. The Morgan fingerprint density at radius 1 is 1.36 bits per heavy atom. The van der Waals surface area contributed by atoms with Gasteiger partial charge >= 0.3 is 12.3 Å². The van der Waals surface area contributed by atoms with Gasteiger partial charge in [0.1, 0.15) is 11.5 Å². The minimum absolute atomic E-state index is 0.0143. The summed E-state index contributed by atoms with van der Waals surface area (Å²) in [4.78, 5) is 4.07. The van der Waals surface area contributed by atoms with Crippen molar-refractivity contribution >= 4 is 5.71 Å². The van der Waals surface area contributed by atoms with E-state index in [4.69, 9.17) is 4.74 Å². The molecule has 3 N–H and O–H groups in total. The van der Waals surface area contributed by atoms with Crippen LogP contribution < -0.4 is 10.1 Å². The van der Waals surface area contributed by atoms with Gasteiger partial charge in [0.25, 0.3) is 0 Å². The molecule has 1 aromatic rings. The van der Waals surface area contributed by atoms with E-state index < -0.39 is 18.0 Å². The molecule has 0 aromatic heterocycles. The van der Waals surface area contributed by atoms with Crippen molar-refractivity contribution in [1.29, 1.82) is 0 Å². The number of ether oxygens (including phenoxy) is 1. The van der Waals surface area contributed by atoms with E-state index in [-0.39, 0.29) is 30.1 Å². The highest BCUT2D eigenvalue weighted by Crippen LogP contribution is 2.30. The average Bonchev–Trinajstić information content (AvgIpc) is 2.74. The normalized spacial score (nSPS) is 16.1. The van der Waals surface area contributed by atoms with E-state index in [9.17, 15) is 22.7 Å². The van der Waals surface area contributed by atoms with Crippen LogP contribution in [0.1, 0.15) is 5.56 Å². The smallest absolute Gasteiger partial charge is 0.379 e. The number of nitrogens with two attached hydrogens (primary N) is 1. The van der Waals surface area contributed by atoms with Gasteiger partial charge in [0, 0.05) is 11.6 Å². The van der Waals surface area contributed by atoms with Gasteiger partial charge in [0.2, 0.25) is 0 Å². The molecule has 0 spiro atoms. The highest BCUT2D eigenvalue weighted by molar-refractivity contribution is 6.11. The van der Waals surface area contributed by atoms with Crippen molar-refractivity contribution < 1.29 is 32.7 Å². The van der Waals surface area contributed by atoms with E-state index >= 15 is 0 Å². The topological polar surface area (TPSA) is 58.4 Å². The summed E-state index contributed by atoms with van der Waals surface area (Å²) >= 11 is 0. The fourth-order valence-electron chi connectivity index (χ4n) is 2.03. The number of phenols is 1. The van der Waals surface area contributed by atoms with Crippen molar-refractivity contribution in [2.24, 2.45) is 4.99 Å². The molecule has 120 valence electrons. The van der Waals surface area contributed by atoms with Gasteiger partial charge in [0.15, 0.2) is 5.70 Å². The lowest BCUT2D eigenvalue weighted by Crippen LogP contribution is -2.86. The summed E-state index contributed by atoms with van der Waals surface area (Å²) in [6.07, 6.45) is -2.93. The molecule has 0 bridgehead atoms. The second-order valence-corrected chi connectivity index (χ2v) is 4.67. The molecule has 0 fully saturated rings. The van der Waals surface area contributed by atoms with Crippen molar-refractivity contribution in [3.8, 4) is 11.5 Å². The fourth-order valence-corrected chi connectivity index (χ4v) is 2.03. The van der Waals surface area contributed by atoms with Gasteiger partial charge in [-0.2, -0.15) is 8.78 Å². The van der Waals surface area contributed by atoms with Crippen molar-refractivity contribution in [3.05, 3.63) is 35.5 Å². The summed E-state index contributed by atoms with van der Waals surface area (Å²) in [7, 11) is 1.41. The molecule has 0 atom stereocenters. The van der Waals surface area contributed by atoms with Gasteiger partial charge in [-0.3, -0.25) is 4.99 Å². The Hall–Kier alpha value is -2.09. The largest absolute Gasteiger partial charge is 0.507 e. The monoisotopic (exact) mass is 319 g/mol. The Labute approximate surface area is 124 Å². The first-order valence-electron chi connectivity index (χ1n) is 6.49. The lowest BCUT2D eigenvalue weighted by Gasteiger charge is -2.15. The van der Waals surface area contributed by atoms with Crippen molar-refractivity contribution in [1.82, 2.24) is 0 Å². The number of alkyl halides is 4. The van der Waals surface area contributed by atoms with Crippen LogP contribution in [0.25, 0.3) is 0 Å². The number of rotatable bonds is 4. The highest BCUT2D eigenvalue weighted by atomic mass is 19.3. The maximum Gasteiger partial charge on any atom is 0.379 e. The van der Waals surface area contributed by atoms with Gasteiger partial charge in [-0.25, -0.2) is 8.78 Å². The molecule has 4 nitrogen and oxygen atoms in total. The zero-order chi connectivity index (χ0) is 16.3. The van der Waals surface area contributed by atoms with Crippen LogP contribution in [0.2, 0.25) is 0 Å². The van der Waals surface area contributed by atoms with Crippen LogP contribution in [0, 0.1) is 0 Å². The molecule has 0 saturated heterocycles. The van der Waals surface area contributed by atoms with E-state index in [0.717, 1.165) is 11.4 Å². The van der Waals surface area contributed by atoms with Crippen LogP contribution in [0.5, 0.6) is 11.5 Å². The van der Waals surface area contributed by atoms with Crippen molar-refractivity contribution in [2.45, 2.75) is 12.3 Å². The SMILES string of the molecule is COc1ccc(O)c(C2=NCC[NH2+]C(C(F)(F)C(F)F)=C2)c1. The number of aliphatic imine (C=N–C) groups is 1. The van der Waals surface area contributed by atoms with E-state index in [2.05, 4.69) is 4.99 Å². The predicted octanol–water partition coefficient (Wildman–Crippen LogP) is 1.55. The first-order valence-corrected chi connectivity index (χ1v) is 6.49. The number of hydrogen-bond donors (Lipinski definition) is 2. The Morgan fingerprint density at radius 2 is 2.09 bits per heavy atom. The summed E-state index contributed by atoms with van der Waals surface area (Å²) in [6, 6.07) is 4.22. The molecule has 0 unspecified atom stereocenters. The molecule has 2 rings (SSSR count). The third-order valence-corrected chi connectivity index (χ3v) is 3.21. The second-order valence-electron chi connectivity index (χ2n) is 4.67. The molecular weight excluding hydrogens is 304 g/mol. The van der Waals surface area contributed by atoms with Gasteiger partial charge < -0.3 is 15.2 Å². The van der Waals surface area contributed by atoms with Crippen LogP contribution >= 0.6 is 0 Å². The molecule has 8 heteroatoms. The quantitative estimate of drug-likeness (QED) is 0.827. The Kier molecular flexibility index (Phi) is 4.70. The highest BCUT2D eigenvalue weighted by Gasteiger charge is 2.48. The molecule has 1 aliphatic heterocycles. The minimum atomic E-state index is -4.26. The standard InChI is InChI=1S/C14H14F4N2O2/c1-22-8-2-3-11(21)9(6-8)10-7-12(20-5-4-19-10)14(17,18)13(15)16/h2-3,6-7,13,20-21H,4-5H2,1H3/p+1. The number of halogens is 4. The third-order valence-electron chi connectivity index (χ3n) is 3.21. The molecule has 0 radical (unpaired) electrons. The number of benzene rings is 1. The van der Waals surface area contributed by atoms with Crippen molar-refractivity contribution in [3.63, 3.8) is 0 Å². The van der Waals surface area contributed by atoms with Crippen LogP contribution in [-0.4, -0.2) is 43.4 Å². The Bertz CT molecular complexity index is 615. The fraction of sp³-hybridized carbons (Fsp3) is 0.357. The Balaban J connectivity index is 2.47. The molecule has 1 aromatic carbocycles. The van der Waals surface area contributed by atoms with Gasteiger partial charge in [0.05, 0.1) is 25.9 Å². The first kappa shape index (κ1) is 16.3. The lowest BCUT2D eigenvalue weighted by atomic mass is 10.1. The van der Waals surface area contributed by atoms with E-state index in [1.54, 1.807) is 0 Å². The second kappa shape index (κ2) is 6.35. The maximum absolute atomic E-state index is 13.6. The Morgan fingerprint density at radius 3 is 2.73 bits per heavy atom. The molecule has 0 saturated carbocycles. The zero-order valence-electron chi connectivity index (χ0n) is 11.7. The first-order chi connectivity index (χ1) is 10.4. The number of quaternary nitrogens is 1. The zero-order valence-corrected chi connectivity index (χ0v) is 11.7. The van der Waals surface area contributed by atoms with Crippen molar-refractivity contribution in [2.75, 3.05) is 20.2 Å². The molecule has 1 heterocycles. The number of methoxy groups -OCH3 is 1. The van der Waals surface area contributed by atoms with Gasteiger partial charge in [-0.15, -0.1) is 0 Å². The van der Waals surface area contributed by atoms with E-state index in [1.165, 1.54) is 25.3 Å². The van der Waals surface area contributed by atoms with Crippen LogP contribution in [-0.2, 0) is 0 Å². The molecule has 22 heavy (non-hydrogen) atoms. The van der Waals surface area contributed by atoms with Gasteiger partial charge in [-0.1, -0.05) is 0 Å². The number of allylic oxidation sites excluding steroid dienone is 2. The predicted molar refractivity (Wildman–Crippen MR) is 71.9 cm³/mol. The number of nitrogens with zero attached hydrogens (tertiary/aromatic N) is 1. The summed E-state index contributed by atoms with van der Waals surface area (Å²) in [6.45, 7) is 0.272. The molecule has 1 aliphatic rings. The van der Waals surface area contributed by atoms with E-state index in [0.29, 0.717) is 5.75 Å². The third kappa shape index (κ3) is 3.22. The average molecular weight is 319 g/mol. The summed E-state index contributed by atoms with van der Waals surface area (Å²) < 4.78 is 57.2. The van der Waals surface area contributed by atoms with E-state index in [1.807, 2.05) is 0 Å². The molecule has 0 amide bonds. The summed E-state index contributed by atoms with van der Waals surface area (Å²) in [5.41, 5.74) is -0.640. The summed E-state index contributed by atoms with van der Waals surface area (Å²) in [5, 5.41) is 10.9. The van der Waals surface area contributed by atoms with Crippen LogP contribution in [0.4, 0.5) is 17.6 Å².